The summed E-state index contributed by atoms with van der Waals surface area (Å²) < 4.78 is 9.64. The van der Waals surface area contributed by atoms with Gasteiger partial charge in [0.25, 0.3) is 0 Å². The molecule has 4 nitrogen and oxygen atoms in total. The van der Waals surface area contributed by atoms with Gasteiger partial charge < -0.3 is 9.30 Å². The molecule has 0 saturated heterocycles. The molecule has 2 aromatic heterocycles. The van der Waals surface area contributed by atoms with Crippen LogP contribution >= 0.6 is 0 Å². The van der Waals surface area contributed by atoms with Crippen LogP contribution in [0, 0.1) is 0 Å². The summed E-state index contributed by atoms with van der Waals surface area (Å²) in [4.78, 5) is 7.57. The molecule has 0 saturated carbocycles. The van der Waals surface area contributed by atoms with E-state index in [9.17, 15) is 0 Å². The Hall–Kier alpha value is -0.393. The molecule has 0 amide bonds. The number of aromatic nitrogens is 2. The maximum atomic E-state index is 4.82. The molecule has 177 valence electrons. The van der Waals surface area contributed by atoms with Gasteiger partial charge >= 0.3 is 17.1 Å². The van der Waals surface area contributed by atoms with E-state index in [-0.39, 0.29) is 17.1 Å². The van der Waals surface area contributed by atoms with Crippen LogP contribution in [0.2, 0.25) is 78.6 Å². The first kappa shape index (κ1) is 35.2. The predicted octanol–water partition coefficient (Wildman–Crippen LogP) is 8.22. The van der Waals surface area contributed by atoms with Crippen molar-refractivity contribution in [3.63, 3.8) is 0 Å². The van der Waals surface area contributed by atoms with E-state index in [1.54, 1.807) is 24.8 Å². The van der Waals surface area contributed by atoms with Gasteiger partial charge in [-0.2, -0.15) is 0 Å². The zero-order chi connectivity index (χ0) is 23.9. The number of pyridine rings is 2. The van der Waals surface area contributed by atoms with E-state index >= 15 is 0 Å². The van der Waals surface area contributed by atoms with E-state index in [4.69, 9.17) is 9.30 Å². The summed E-state index contributed by atoms with van der Waals surface area (Å²) in [6.45, 7) is 27.6. The van der Waals surface area contributed by atoms with Crippen LogP contribution in [0.4, 0.5) is 0 Å². The molecular weight excluding hydrogens is 488 g/mol. The van der Waals surface area contributed by atoms with Gasteiger partial charge in [0.1, 0.15) is 0 Å². The van der Waals surface area contributed by atoms with Crippen molar-refractivity contribution >= 4 is 32.9 Å². The Morgan fingerprint density at radius 1 is 0.387 bits per heavy atom. The average molecular weight is 534 g/mol. The fourth-order valence-corrected chi connectivity index (χ4v) is 18.7. The van der Waals surface area contributed by atoms with Crippen molar-refractivity contribution in [2.75, 3.05) is 0 Å². The van der Waals surface area contributed by atoms with Crippen molar-refractivity contribution in [3.05, 3.63) is 70.5 Å². The summed E-state index contributed by atoms with van der Waals surface area (Å²) in [7, 11) is -4.42. The van der Waals surface area contributed by atoms with Crippen LogP contribution in [0.25, 0.3) is 9.30 Å². The predicted molar refractivity (Wildman–Crippen MR) is 149 cm³/mol. The number of rotatable bonds is 4. The monoisotopic (exact) mass is 533 g/mol. The molecule has 0 aliphatic rings. The Labute approximate surface area is 208 Å². The zero-order valence-corrected chi connectivity index (χ0v) is 27.1. The minimum atomic E-state index is -1.11. The van der Waals surface area contributed by atoms with Gasteiger partial charge in [-0.25, -0.2) is 0 Å². The fraction of sp³-hybridized carbons (Fsp3) is 0.545. The second-order valence-electron chi connectivity index (χ2n) is 11.0. The largest absolute Gasteiger partial charge is 2.00 e. The summed E-state index contributed by atoms with van der Waals surface area (Å²) in [5.74, 6) is 0. The molecule has 0 aliphatic carbocycles. The fourth-order valence-electron chi connectivity index (χ4n) is 2.64. The average Bonchev–Trinajstić information content (AvgIpc) is 2.53. The maximum absolute atomic E-state index is 4.82. The van der Waals surface area contributed by atoms with Gasteiger partial charge in [0, 0.05) is 24.8 Å². The molecule has 0 bridgehead atoms. The Morgan fingerprint density at radius 3 is 0.613 bits per heavy atom. The Kier molecular flexibility index (Phi) is 19.5. The van der Waals surface area contributed by atoms with E-state index in [1.165, 1.54) is 0 Å². The quantitative estimate of drug-likeness (QED) is 0.372. The van der Waals surface area contributed by atoms with Crippen molar-refractivity contribution in [2.24, 2.45) is 0 Å². The SMILES string of the molecule is C[Si](C)(C)[N-][Si](C)(C)C.C[Si](C)(C)[N-][Si](C)(C)C.[Mn+2].c1ccncc1.c1ccncc1. The topological polar surface area (TPSA) is 54.0 Å². The Balaban J connectivity index is -0.000000338. The molecule has 9 heteroatoms. The molecule has 0 atom stereocenters. The normalized spacial score (nSPS) is 11.2. The van der Waals surface area contributed by atoms with E-state index in [2.05, 4.69) is 88.5 Å². The van der Waals surface area contributed by atoms with E-state index in [1.807, 2.05) is 36.4 Å². The van der Waals surface area contributed by atoms with Gasteiger partial charge in [-0.3, -0.25) is 9.97 Å². The Morgan fingerprint density at radius 2 is 0.581 bits per heavy atom. The number of nitrogens with zero attached hydrogens (tertiary/aromatic N) is 4. The Bertz CT molecular complexity index is 486. The van der Waals surface area contributed by atoms with Gasteiger partial charge in [-0.15, -0.1) is 0 Å². The molecule has 0 spiro atoms. The minimum Gasteiger partial charge on any atom is -0.668 e. The molecule has 2 aromatic rings. The standard InChI is InChI=1S/2C6H18NSi2.2C5H5N.Mn/c2*1-8(2,3)7-9(4,5)6;2*1-2-4-6-5-3-1;/h2*1-6H3;2*1-5H;/q2*-1;;;+2. The summed E-state index contributed by atoms with van der Waals surface area (Å²) in [5.41, 5.74) is 0. The first-order chi connectivity index (χ1) is 13.4. The summed E-state index contributed by atoms with van der Waals surface area (Å²) in [6, 6.07) is 11.4. The zero-order valence-electron chi connectivity index (χ0n) is 21.9. The van der Waals surface area contributed by atoms with E-state index < -0.39 is 32.9 Å². The third-order valence-corrected chi connectivity index (χ3v) is 13.2. The van der Waals surface area contributed by atoms with Crippen LogP contribution in [-0.2, 0) is 17.1 Å². The van der Waals surface area contributed by atoms with Gasteiger partial charge in [-0.05, 0) is 24.3 Å². The molecule has 1 radical (unpaired) electrons. The molecule has 31 heavy (non-hydrogen) atoms. The van der Waals surface area contributed by atoms with Gasteiger partial charge in [0.05, 0.1) is 0 Å². The van der Waals surface area contributed by atoms with Crippen LogP contribution in [0.5, 0.6) is 0 Å². The summed E-state index contributed by atoms with van der Waals surface area (Å²) >= 11 is 0. The second kappa shape index (κ2) is 17.1. The van der Waals surface area contributed by atoms with Gasteiger partial charge in [0.15, 0.2) is 0 Å². The first-order valence-electron chi connectivity index (χ1n) is 10.6. The van der Waals surface area contributed by atoms with Gasteiger partial charge in [-0.1, -0.05) is 124 Å². The van der Waals surface area contributed by atoms with Gasteiger partial charge in [0.2, 0.25) is 0 Å². The van der Waals surface area contributed by atoms with Crippen LogP contribution < -0.4 is 0 Å². The van der Waals surface area contributed by atoms with Crippen molar-refractivity contribution in [1.29, 1.82) is 0 Å². The molecule has 0 fully saturated rings. The van der Waals surface area contributed by atoms with Crippen LogP contribution in [0.15, 0.2) is 61.2 Å². The van der Waals surface area contributed by atoms with E-state index in [0.29, 0.717) is 0 Å². The molecule has 0 aromatic carbocycles. The third kappa shape index (κ3) is 40.5. The molecule has 0 unspecified atom stereocenters. The van der Waals surface area contributed by atoms with Crippen LogP contribution in [0.3, 0.4) is 0 Å². The summed E-state index contributed by atoms with van der Waals surface area (Å²) in [6.07, 6.45) is 7.00. The number of hydrogen-bond donors (Lipinski definition) is 0. The van der Waals surface area contributed by atoms with Crippen LogP contribution in [0.1, 0.15) is 0 Å². The smallest absolute Gasteiger partial charge is 0.668 e. The first-order valence-corrected chi connectivity index (χ1v) is 24.4. The van der Waals surface area contributed by atoms with Crippen molar-refractivity contribution in [1.82, 2.24) is 9.97 Å². The molecule has 0 N–H and O–H groups in total. The molecular formula is C22H46MnN4Si4. The molecule has 2 heterocycles. The second-order valence-corrected chi connectivity index (χ2v) is 30.1. The number of hydrogen-bond acceptors (Lipinski definition) is 2. The molecule has 0 aliphatic heterocycles. The minimum absolute atomic E-state index is 0. The maximum Gasteiger partial charge on any atom is 2.00 e. The molecule has 2 rings (SSSR count). The summed E-state index contributed by atoms with van der Waals surface area (Å²) in [5, 5.41) is 0. The van der Waals surface area contributed by atoms with Crippen molar-refractivity contribution in [3.8, 4) is 0 Å². The third-order valence-electron chi connectivity index (χ3n) is 2.47. The van der Waals surface area contributed by atoms with Crippen LogP contribution in [-0.4, -0.2) is 42.9 Å². The van der Waals surface area contributed by atoms with Crippen molar-refractivity contribution in [2.45, 2.75) is 78.6 Å². The van der Waals surface area contributed by atoms with E-state index in [0.717, 1.165) is 0 Å². The van der Waals surface area contributed by atoms with Crippen molar-refractivity contribution < 1.29 is 17.1 Å².